The van der Waals surface area contributed by atoms with Crippen LogP contribution in [0.25, 0.3) is 0 Å². The third-order valence-corrected chi connectivity index (χ3v) is 8.55. The van der Waals surface area contributed by atoms with Crippen LogP contribution in [0.4, 0.5) is 10.5 Å². The van der Waals surface area contributed by atoms with Gasteiger partial charge < -0.3 is 14.2 Å². The molecule has 5 nitrogen and oxygen atoms in total. The zero-order chi connectivity index (χ0) is 25.2. The van der Waals surface area contributed by atoms with Gasteiger partial charge in [0.15, 0.2) is 5.54 Å². The number of carbonyl (C=O) groups excluding carboxylic acids is 1. The van der Waals surface area contributed by atoms with Crippen LogP contribution in [0.1, 0.15) is 47.2 Å². The SMILES string of the molecule is CC1=C[C@@]2(C)c3cc(C)cc(C)c3O[C@H]2[C@]23c4cc(C)cc(C)c4O[C@]12OC(=O)N3c1ccccc1. The lowest BCUT2D eigenvalue weighted by atomic mass is 9.59. The Balaban J connectivity index is 1.63. The molecule has 7 rings (SSSR count). The van der Waals surface area contributed by atoms with E-state index in [0.717, 1.165) is 50.6 Å². The van der Waals surface area contributed by atoms with Crippen molar-refractivity contribution >= 4 is 11.8 Å². The number of fused-ring (bicyclic) bond motifs is 4. The molecule has 1 saturated heterocycles. The molecule has 1 amide bonds. The van der Waals surface area contributed by atoms with Crippen LogP contribution in [0, 0.1) is 27.7 Å². The Morgan fingerprint density at radius 3 is 2.14 bits per heavy atom. The number of carbonyl (C=O) groups is 1. The van der Waals surface area contributed by atoms with E-state index in [-0.39, 0.29) is 0 Å². The first-order chi connectivity index (χ1) is 17.1. The Morgan fingerprint density at radius 1 is 0.806 bits per heavy atom. The van der Waals surface area contributed by atoms with Crippen molar-refractivity contribution in [2.75, 3.05) is 4.90 Å². The molecule has 3 aromatic carbocycles. The quantitative estimate of drug-likeness (QED) is 0.372. The fourth-order valence-electron chi connectivity index (χ4n) is 7.34. The molecular weight excluding hydrogens is 450 g/mol. The van der Waals surface area contributed by atoms with Crippen molar-refractivity contribution in [1.29, 1.82) is 0 Å². The molecule has 1 aliphatic carbocycles. The molecule has 5 heteroatoms. The van der Waals surface area contributed by atoms with Crippen molar-refractivity contribution < 1.29 is 19.0 Å². The summed E-state index contributed by atoms with van der Waals surface area (Å²) in [4.78, 5) is 15.7. The molecule has 0 unspecified atom stereocenters. The van der Waals surface area contributed by atoms with Gasteiger partial charge in [0.2, 0.25) is 0 Å². The van der Waals surface area contributed by atoms with Crippen LogP contribution in [0.5, 0.6) is 11.5 Å². The Bertz CT molecular complexity index is 1530. The molecule has 0 aromatic heterocycles. The van der Waals surface area contributed by atoms with Crippen LogP contribution in [-0.2, 0) is 15.7 Å². The highest BCUT2D eigenvalue weighted by Crippen LogP contribution is 2.69. The number of aryl methyl sites for hydroxylation is 4. The van der Waals surface area contributed by atoms with E-state index in [0.29, 0.717) is 0 Å². The second kappa shape index (κ2) is 6.52. The number of rotatable bonds is 1. The van der Waals surface area contributed by atoms with Crippen LogP contribution in [-0.4, -0.2) is 18.0 Å². The lowest BCUT2D eigenvalue weighted by Gasteiger charge is -2.51. The molecule has 4 aliphatic rings. The van der Waals surface area contributed by atoms with Crippen LogP contribution < -0.4 is 14.4 Å². The number of hydrogen-bond donors (Lipinski definition) is 0. The summed E-state index contributed by atoms with van der Waals surface area (Å²) in [7, 11) is 0. The van der Waals surface area contributed by atoms with Crippen molar-refractivity contribution in [3.05, 3.63) is 99.6 Å². The smallest absolute Gasteiger partial charge is 0.419 e. The van der Waals surface area contributed by atoms with Gasteiger partial charge in [0.25, 0.3) is 0 Å². The number of ether oxygens (including phenoxy) is 3. The topological polar surface area (TPSA) is 48.0 Å². The van der Waals surface area contributed by atoms with E-state index in [2.05, 4.69) is 65.0 Å². The third kappa shape index (κ3) is 2.21. The predicted octanol–water partition coefficient (Wildman–Crippen LogP) is 6.54. The molecule has 1 fully saturated rings. The normalized spacial score (nSPS) is 30.8. The molecule has 4 atom stereocenters. The van der Waals surface area contributed by atoms with E-state index < -0.39 is 28.9 Å². The average Bonchev–Trinajstić information content (AvgIpc) is 3.37. The lowest BCUT2D eigenvalue weighted by Crippen LogP contribution is -2.69. The maximum Gasteiger partial charge on any atom is 0.419 e. The van der Waals surface area contributed by atoms with Gasteiger partial charge in [-0.2, -0.15) is 0 Å². The van der Waals surface area contributed by atoms with Gasteiger partial charge >= 0.3 is 11.9 Å². The zero-order valence-electron chi connectivity index (χ0n) is 21.4. The number of para-hydroxylation sites is 1. The Kier molecular flexibility index (Phi) is 3.90. The van der Waals surface area contributed by atoms with Crippen LogP contribution in [0.15, 0.2) is 66.2 Å². The minimum atomic E-state index is -1.34. The zero-order valence-corrected chi connectivity index (χ0v) is 21.4. The maximum absolute atomic E-state index is 13.9. The van der Waals surface area contributed by atoms with Crippen LogP contribution in [0.2, 0.25) is 0 Å². The predicted molar refractivity (Wildman–Crippen MR) is 138 cm³/mol. The Labute approximate surface area is 211 Å². The van der Waals surface area contributed by atoms with Crippen molar-refractivity contribution in [3.63, 3.8) is 0 Å². The molecule has 0 radical (unpaired) electrons. The lowest BCUT2D eigenvalue weighted by molar-refractivity contribution is -0.144. The van der Waals surface area contributed by atoms with Gasteiger partial charge in [-0.25, -0.2) is 4.79 Å². The first-order valence-corrected chi connectivity index (χ1v) is 12.5. The Hall–Kier alpha value is -3.73. The summed E-state index contributed by atoms with van der Waals surface area (Å²) in [6.07, 6.45) is 1.30. The van der Waals surface area contributed by atoms with E-state index in [4.69, 9.17) is 14.2 Å². The monoisotopic (exact) mass is 479 g/mol. The van der Waals surface area contributed by atoms with Crippen molar-refractivity contribution in [1.82, 2.24) is 0 Å². The van der Waals surface area contributed by atoms with Crippen LogP contribution in [0.3, 0.4) is 0 Å². The minimum Gasteiger partial charge on any atom is -0.485 e. The number of amides is 1. The molecule has 0 N–H and O–H groups in total. The van der Waals surface area contributed by atoms with Gasteiger partial charge in [-0.15, -0.1) is 0 Å². The van der Waals surface area contributed by atoms with E-state index in [1.165, 1.54) is 5.56 Å². The minimum absolute atomic E-state index is 0.435. The highest BCUT2D eigenvalue weighted by atomic mass is 16.7. The standard InChI is InChI=1S/C31H29NO4/c1-17-12-19(3)25-23(14-17)29(6)16-21(5)31-30(27(29)34-25,24-15-18(2)13-20(4)26(24)35-31)32(28(33)36-31)22-10-8-7-9-11-22/h7-16,27H,1-6H3/t27-,29+,30-,31+/m1/s1. The van der Waals surface area contributed by atoms with Gasteiger partial charge in [-0.3, -0.25) is 4.90 Å². The van der Waals surface area contributed by atoms with Gasteiger partial charge in [0.05, 0.1) is 5.41 Å². The summed E-state index contributed by atoms with van der Waals surface area (Å²) in [5.41, 5.74) is 6.51. The summed E-state index contributed by atoms with van der Waals surface area (Å²) < 4.78 is 20.2. The second-order valence-electron chi connectivity index (χ2n) is 11.0. The van der Waals surface area contributed by atoms with E-state index in [9.17, 15) is 4.79 Å². The highest BCUT2D eigenvalue weighted by molar-refractivity contribution is 5.96. The van der Waals surface area contributed by atoms with Crippen molar-refractivity contribution in [3.8, 4) is 11.5 Å². The van der Waals surface area contributed by atoms with Crippen LogP contribution >= 0.6 is 0 Å². The van der Waals surface area contributed by atoms with E-state index in [1.807, 2.05) is 37.3 Å². The molecule has 3 aromatic rings. The first kappa shape index (κ1) is 21.5. The molecule has 182 valence electrons. The maximum atomic E-state index is 13.9. The first-order valence-electron chi connectivity index (χ1n) is 12.5. The molecular formula is C31H29NO4. The third-order valence-electron chi connectivity index (χ3n) is 8.55. The van der Waals surface area contributed by atoms with E-state index in [1.54, 1.807) is 4.90 Å². The van der Waals surface area contributed by atoms with Gasteiger partial charge in [-0.05, 0) is 70.9 Å². The fraction of sp³-hybridized carbons (Fsp3) is 0.323. The summed E-state index contributed by atoms with van der Waals surface area (Å²) in [6.45, 7) is 12.6. The number of anilines is 1. The molecule has 0 spiro atoms. The molecule has 36 heavy (non-hydrogen) atoms. The fourth-order valence-corrected chi connectivity index (χ4v) is 7.34. The van der Waals surface area contributed by atoms with E-state index >= 15 is 0 Å². The molecule has 3 heterocycles. The summed E-state index contributed by atoms with van der Waals surface area (Å²) in [6, 6.07) is 18.4. The van der Waals surface area contributed by atoms with Gasteiger partial charge in [0, 0.05) is 22.4 Å². The Morgan fingerprint density at radius 2 is 1.44 bits per heavy atom. The highest BCUT2D eigenvalue weighted by Gasteiger charge is 2.83. The van der Waals surface area contributed by atoms with Crippen molar-refractivity contribution in [2.45, 2.75) is 64.4 Å². The largest absolute Gasteiger partial charge is 0.485 e. The summed E-state index contributed by atoms with van der Waals surface area (Å²) >= 11 is 0. The number of benzene rings is 3. The van der Waals surface area contributed by atoms with Gasteiger partial charge in [-0.1, -0.05) is 53.6 Å². The molecule has 3 aliphatic heterocycles. The van der Waals surface area contributed by atoms with Crippen molar-refractivity contribution in [2.24, 2.45) is 0 Å². The summed E-state index contributed by atoms with van der Waals surface area (Å²) in [5, 5.41) is 0. The average molecular weight is 480 g/mol. The summed E-state index contributed by atoms with van der Waals surface area (Å²) in [5.74, 6) is 0.307. The molecule has 0 bridgehead atoms. The molecule has 0 saturated carbocycles. The van der Waals surface area contributed by atoms with Gasteiger partial charge in [0.1, 0.15) is 17.6 Å². The number of hydrogen-bond acceptors (Lipinski definition) is 4. The number of nitrogens with zero attached hydrogens (tertiary/aromatic N) is 1. The second-order valence-corrected chi connectivity index (χ2v) is 11.0.